The lowest BCUT2D eigenvalue weighted by Crippen LogP contribution is -2.30. The van der Waals surface area contributed by atoms with Crippen LogP contribution in [0.25, 0.3) is 6.08 Å². The molecule has 2 aromatic carbocycles. The van der Waals surface area contributed by atoms with Crippen molar-refractivity contribution in [3.63, 3.8) is 0 Å². The van der Waals surface area contributed by atoms with Crippen LogP contribution in [-0.4, -0.2) is 42.4 Å². The standard InChI is InChI=1S/C25H19BrClN3O7/c1-35-24(33)20-8-7-17(37-20)12-30-23(32)19(29-25(30)34)10-14-9-15(27)11-18(26)22(14)36-13-21(31)28-16-5-3-2-4-6-16/h2-11H,12-13H2,1H3,(H,28,31)(H,29,34)/b19-10-. The highest BCUT2D eigenvalue weighted by atomic mass is 79.9. The smallest absolute Gasteiger partial charge is 0.373 e. The van der Waals surface area contributed by atoms with Gasteiger partial charge in [-0.15, -0.1) is 0 Å². The fourth-order valence-corrected chi connectivity index (χ4v) is 4.34. The van der Waals surface area contributed by atoms with E-state index in [-0.39, 0.29) is 36.1 Å². The highest BCUT2D eigenvalue weighted by molar-refractivity contribution is 9.10. The van der Waals surface area contributed by atoms with Crippen LogP contribution in [0.3, 0.4) is 0 Å². The molecule has 37 heavy (non-hydrogen) atoms. The van der Waals surface area contributed by atoms with E-state index in [9.17, 15) is 19.2 Å². The summed E-state index contributed by atoms with van der Waals surface area (Å²) in [4.78, 5) is 50.3. The quantitative estimate of drug-likeness (QED) is 0.224. The number of imide groups is 1. The third-order valence-corrected chi connectivity index (χ3v) is 5.87. The van der Waals surface area contributed by atoms with Crippen LogP contribution in [-0.2, 0) is 20.9 Å². The van der Waals surface area contributed by atoms with Crippen LogP contribution in [0.15, 0.2) is 69.2 Å². The Bertz CT molecular complexity index is 1400. The second kappa shape index (κ2) is 11.3. The van der Waals surface area contributed by atoms with Crippen molar-refractivity contribution < 1.29 is 33.1 Å². The molecule has 1 aliphatic heterocycles. The number of hydrogen-bond acceptors (Lipinski definition) is 7. The number of amides is 4. The summed E-state index contributed by atoms with van der Waals surface area (Å²) in [6.07, 6.45) is 1.39. The molecule has 190 valence electrons. The van der Waals surface area contributed by atoms with Gasteiger partial charge in [0, 0.05) is 16.3 Å². The summed E-state index contributed by atoms with van der Waals surface area (Å²) in [6, 6.07) is 14.2. The number of benzene rings is 2. The highest BCUT2D eigenvalue weighted by Gasteiger charge is 2.34. The van der Waals surface area contributed by atoms with Crippen LogP contribution in [0.1, 0.15) is 21.9 Å². The molecule has 0 radical (unpaired) electrons. The van der Waals surface area contributed by atoms with Crippen LogP contribution in [0.4, 0.5) is 10.5 Å². The zero-order valence-electron chi connectivity index (χ0n) is 19.2. The first-order valence-corrected chi connectivity index (χ1v) is 11.9. The number of anilines is 1. The molecule has 2 N–H and O–H groups in total. The molecule has 0 atom stereocenters. The molecule has 1 aliphatic rings. The van der Waals surface area contributed by atoms with E-state index in [0.717, 1.165) is 4.90 Å². The fraction of sp³-hybridized carbons (Fsp3) is 0.120. The zero-order valence-corrected chi connectivity index (χ0v) is 21.6. The largest absolute Gasteiger partial charge is 0.482 e. The topological polar surface area (TPSA) is 127 Å². The van der Waals surface area contributed by atoms with Crippen LogP contribution in [0.2, 0.25) is 5.02 Å². The predicted molar refractivity (Wildman–Crippen MR) is 137 cm³/mol. The van der Waals surface area contributed by atoms with E-state index in [4.69, 9.17) is 20.8 Å². The summed E-state index contributed by atoms with van der Waals surface area (Å²) >= 11 is 9.56. The van der Waals surface area contributed by atoms with Crippen molar-refractivity contribution in [2.24, 2.45) is 0 Å². The van der Waals surface area contributed by atoms with E-state index in [1.165, 1.54) is 31.4 Å². The number of rotatable bonds is 8. The first kappa shape index (κ1) is 26.0. The first-order chi connectivity index (χ1) is 17.7. The minimum absolute atomic E-state index is 0.0440. The van der Waals surface area contributed by atoms with Crippen molar-refractivity contribution in [1.82, 2.24) is 10.2 Å². The second-order valence-electron chi connectivity index (χ2n) is 7.65. The number of esters is 1. The molecular formula is C25H19BrClN3O7. The van der Waals surface area contributed by atoms with Crippen LogP contribution < -0.4 is 15.4 Å². The Balaban J connectivity index is 1.51. The SMILES string of the molecule is COC(=O)c1ccc(CN2C(=O)N/C(=C\c3cc(Cl)cc(Br)c3OCC(=O)Nc3ccccc3)C2=O)o1. The summed E-state index contributed by atoms with van der Waals surface area (Å²) < 4.78 is 16.1. The van der Waals surface area contributed by atoms with E-state index < -0.39 is 23.8 Å². The molecule has 0 spiro atoms. The number of halogens is 2. The van der Waals surface area contributed by atoms with Crippen molar-refractivity contribution in [3.05, 3.63) is 86.9 Å². The Hall–Kier alpha value is -4.09. The van der Waals surface area contributed by atoms with E-state index >= 15 is 0 Å². The second-order valence-corrected chi connectivity index (χ2v) is 8.94. The summed E-state index contributed by atoms with van der Waals surface area (Å²) in [5, 5.41) is 5.55. The van der Waals surface area contributed by atoms with E-state index in [1.54, 1.807) is 30.3 Å². The Morgan fingerprint density at radius 2 is 1.92 bits per heavy atom. The number of urea groups is 1. The van der Waals surface area contributed by atoms with Gasteiger partial charge in [-0.25, -0.2) is 9.59 Å². The van der Waals surface area contributed by atoms with Gasteiger partial charge in [-0.05, 0) is 58.4 Å². The van der Waals surface area contributed by atoms with Gasteiger partial charge >= 0.3 is 12.0 Å². The van der Waals surface area contributed by atoms with Gasteiger partial charge in [0.05, 0.1) is 18.1 Å². The number of methoxy groups -OCH3 is 1. The van der Waals surface area contributed by atoms with E-state index in [1.807, 2.05) is 6.07 Å². The molecule has 4 rings (SSSR count). The number of hydrogen-bond donors (Lipinski definition) is 2. The number of para-hydroxylation sites is 1. The van der Waals surface area contributed by atoms with Gasteiger partial charge < -0.3 is 24.5 Å². The minimum atomic E-state index is -0.682. The minimum Gasteiger partial charge on any atom is -0.482 e. The molecule has 0 unspecified atom stereocenters. The maximum atomic E-state index is 13.0. The Morgan fingerprint density at radius 3 is 2.65 bits per heavy atom. The number of furan rings is 1. The lowest BCUT2D eigenvalue weighted by atomic mass is 10.1. The molecule has 0 saturated carbocycles. The number of ether oxygens (including phenoxy) is 2. The van der Waals surface area contributed by atoms with Gasteiger partial charge in [-0.1, -0.05) is 29.8 Å². The Morgan fingerprint density at radius 1 is 1.16 bits per heavy atom. The van der Waals surface area contributed by atoms with Gasteiger partial charge in [0.15, 0.2) is 6.61 Å². The van der Waals surface area contributed by atoms with Crippen LogP contribution in [0, 0.1) is 0 Å². The third kappa shape index (κ3) is 6.19. The molecule has 1 aromatic heterocycles. The average Bonchev–Trinajstić information content (AvgIpc) is 3.44. The molecule has 10 nitrogen and oxygen atoms in total. The van der Waals surface area contributed by atoms with Crippen LogP contribution >= 0.6 is 27.5 Å². The molecule has 3 aromatic rings. The predicted octanol–water partition coefficient (Wildman–Crippen LogP) is 4.59. The first-order valence-electron chi connectivity index (χ1n) is 10.7. The van der Waals surface area contributed by atoms with Crippen molar-refractivity contribution >= 4 is 63.1 Å². The highest BCUT2D eigenvalue weighted by Crippen LogP contribution is 2.35. The number of carbonyl (C=O) groups is 4. The molecule has 0 aliphatic carbocycles. The number of nitrogens with zero attached hydrogens (tertiary/aromatic N) is 1. The van der Waals surface area contributed by atoms with Gasteiger partial charge in [-0.2, -0.15) is 0 Å². The fourth-order valence-electron chi connectivity index (χ4n) is 3.40. The Kier molecular flexibility index (Phi) is 7.95. The summed E-state index contributed by atoms with van der Waals surface area (Å²) in [7, 11) is 1.21. The maximum absolute atomic E-state index is 13.0. The monoisotopic (exact) mass is 587 g/mol. The van der Waals surface area contributed by atoms with E-state index in [2.05, 4.69) is 31.3 Å². The molecule has 4 amide bonds. The summed E-state index contributed by atoms with van der Waals surface area (Å²) in [5.74, 6) is -1.31. The maximum Gasteiger partial charge on any atom is 0.373 e. The molecule has 1 saturated heterocycles. The van der Waals surface area contributed by atoms with Gasteiger partial charge in [0.1, 0.15) is 17.2 Å². The van der Waals surface area contributed by atoms with Crippen molar-refractivity contribution in [1.29, 1.82) is 0 Å². The van der Waals surface area contributed by atoms with Crippen molar-refractivity contribution in [2.75, 3.05) is 19.0 Å². The normalized spacial score (nSPS) is 14.0. The lowest BCUT2D eigenvalue weighted by molar-refractivity contribution is -0.123. The van der Waals surface area contributed by atoms with Gasteiger partial charge in [0.2, 0.25) is 5.76 Å². The van der Waals surface area contributed by atoms with Gasteiger partial charge in [-0.3, -0.25) is 14.5 Å². The molecule has 1 fully saturated rings. The zero-order chi connectivity index (χ0) is 26.5. The number of nitrogens with one attached hydrogen (secondary N) is 2. The van der Waals surface area contributed by atoms with Crippen molar-refractivity contribution in [2.45, 2.75) is 6.54 Å². The molecule has 12 heteroatoms. The molecular weight excluding hydrogens is 570 g/mol. The number of carbonyl (C=O) groups excluding carboxylic acids is 4. The van der Waals surface area contributed by atoms with Gasteiger partial charge in [0.25, 0.3) is 11.8 Å². The summed E-state index contributed by atoms with van der Waals surface area (Å²) in [5.41, 5.74) is 0.920. The van der Waals surface area contributed by atoms with Crippen molar-refractivity contribution in [3.8, 4) is 5.75 Å². The lowest BCUT2D eigenvalue weighted by Gasteiger charge is -2.13. The molecule has 0 bridgehead atoms. The van der Waals surface area contributed by atoms with E-state index in [0.29, 0.717) is 20.7 Å². The molecule has 2 heterocycles. The summed E-state index contributed by atoms with van der Waals surface area (Å²) in [6.45, 7) is -0.528. The van der Waals surface area contributed by atoms with Crippen LogP contribution in [0.5, 0.6) is 5.75 Å². The third-order valence-electron chi connectivity index (χ3n) is 5.07. The average molecular weight is 589 g/mol. The Labute approximate surface area is 224 Å².